The minimum Gasteiger partial charge on any atom is -0.455 e. The highest BCUT2D eigenvalue weighted by Crippen LogP contribution is 2.38. The molecule has 0 fully saturated rings. The van der Waals surface area contributed by atoms with E-state index in [1.165, 1.54) is 16.7 Å². The molecule has 1 N–H and O–H groups in total. The molecule has 0 radical (unpaired) electrons. The molecule has 0 saturated heterocycles. The fraction of sp³-hybridized carbons (Fsp3) is 0.0732. The summed E-state index contributed by atoms with van der Waals surface area (Å²) in [4.78, 5) is 14.2. The van der Waals surface area contributed by atoms with Gasteiger partial charge in [-0.05, 0) is 102 Å². The van der Waals surface area contributed by atoms with E-state index in [9.17, 15) is 0 Å². The van der Waals surface area contributed by atoms with Crippen molar-refractivity contribution in [1.82, 2.24) is 15.0 Å². The fourth-order valence-electron chi connectivity index (χ4n) is 6.13. The molecule has 2 aliphatic rings. The van der Waals surface area contributed by atoms with Gasteiger partial charge in [-0.2, -0.15) is 0 Å². The first kappa shape index (κ1) is 28.2. The third-order valence-corrected chi connectivity index (χ3v) is 9.38. The number of benzene rings is 3. The van der Waals surface area contributed by atoms with Crippen LogP contribution in [0, 0.1) is 20.8 Å². The summed E-state index contributed by atoms with van der Waals surface area (Å²) in [5.74, 6) is 0. The molecule has 3 aromatic carbocycles. The summed E-state index contributed by atoms with van der Waals surface area (Å²) in [6, 6.07) is 34.1. The third-order valence-electron chi connectivity index (χ3n) is 8.59. The van der Waals surface area contributed by atoms with Crippen LogP contribution >= 0.6 is 15.9 Å². The summed E-state index contributed by atoms with van der Waals surface area (Å²) >= 11 is 3.82. The zero-order valence-electron chi connectivity index (χ0n) is 25.7. The van der Waals surface area contributed by atoms with Crippen LogP contribution in [-0.4, -0.2) is 15.0 Å². The lowest BCUT2D eigenvalue weighted by Crippen LogP contribution is -1.88. The Labute approximate surface area is 276 Å². The van der Waals surface area contributed by atoms with Crippen molar-refractivity contribution in [1.29, 1.82) is 0 Å². The molecule has 0 spiro atoms. The molecule has 6 aromatic rings. The molecule has 5 heteroatoms. The molecular formula is C41H30BrN3O. The van der Waals surface area contributed by atoms with Crippen molar-refractivity contribution in [3.05, 3.63) is 141 Å². The van der Waals surface area contributed by atoms with Crippen molar-refractivity contribution in [2.45, 2.75) is 20.8 Å². The van der Waals surface area contributed by atoms with E-state index in [2.05, 4.69) is 145 Å². The number of halogens is 1. The highest BCUT2D eigenvalue weighted by Gasteiger charge is 2.18. The summed E-state index contributed by atoms with van der Waals surface area (Å²) in [7, 11) is 0. The summed E-state index contributed by atoms with van der Waals surface area (Å²) in [6.07, 6.45) is 8.32. The SMILES string of the molecule is Cc1ccc(-c2c3nc(c(Br)c4ccc(o4)c(-c4ccc(C)cc4)c4nc(c(-c5ccc(C)cc5)c5ccc2[nH]5)C=C4)C=C3)cc1. The number of rotatable bonds is 3. The molecule has 5 heterocycles. The number of aryl methyl sites for hydroxylation is 3. The second kappa shape index (κ2) is 11.3. The molecule has 46 heavy (non-hydrogen) atoms. The normalized spacial score (nSPS) is 12.2. The van der Waals surface area contributed by atoms with Crippen LogP contribution in [-0.2, 0) is 0 Å². The molecule has 0 atom stereocenters. The lowest BCUT2D eigenvalue weighted by Gasteiger charge is -2.06. The van der Waals surface area contributed by atoms with Crippen LogP contribution in [0.4, 0.5) is 0 Å². The molecule has 2 aliphatic heterocycles. The van der Waals surface area contributed by atoms with Gasteiger partial charge in [0.1, 0.15) is 11.2 Å². The van der Waals surface area contributed by atoms with Gasteiger partial charge in [0.25, 0.3) is 0 Å². The number of hydrogen-bond donors (Lipinski definition) is 1. The van der Waals surface area contributed by atoms with Crippen molar-refractivity contribution in [2.24, 2.45) is 0 Å². The Hall–Kier alpha value is -5.26. The van der Waals surface area contributed by atoms with Crippen LogP contribution in [0.25, 0.3) is 79.9 Å². The average Bonchev–Trinajstić information content (AvgIpc) is 3.89. The highest BCUT2D eigenvalue weighted by atomic mass is 79.9. The van der Waals surface area contributed by atoms with Crippen LogP contribution in [0.15, 0.2) is 106 Å². The number of fused-ring (bicyclic) bond motifs is 8. The van der Waals surface area contributed by atoms with E-state index < -0.39 is 0 Å². The Morgan fingerprint density at radius 1 is 0.457 bits per heavy atom. The Balaban J connectivity index is 1.54. The smallest absolute Gasteiger partial charge is 0.143 e. The molecular weight excluding hydrogens is 630 g/mol. The molecule has 8 rings (SSSR count). The molecule has 0 saturated carbocycles. The molecule has 4 nitrogen and oxygen atoms in total. The summed E-state index contributed by atoms with van der Waals surface area (Å²) in [5, 5.41) is 0. The standard InChI is InChI=1S/C41H30BrN3O/c1-24-4-10-27(11-5-24)38-30-16-17-31(43-30)39(28-12-6-25(2)7-13-28)33-20-21-35(45-33)41(42)37-23-22-36(46-37)40(34-19-18-32(38)44-34)29-14-8-26(3)9-15-29/h4-23,43H,1-3H3. The van der Waals surface area contributed by atoms with Gasteiger partial charge in [0, 0.05) is 22.2 Å². The van der Waals surface area contributed by atoms with E-state index in [4.69, 9.17) is 14.4 Å². The zero-order chi connectivity index (χ0) is 31.4. The van der Waals surface area contributed by atoms with E-state index in [-0.39, 0.29) is 0 Å². The van der Waals surface area contributed by atoms with Gasteiger partial charge in [0.05, 0.1) is 32.8 Å². The quantitative estimate of drug-likeness (QED) is 0.205. The van der Waals surface area contributed by atoms with Crippen LogP contribution < -0.4 is 0 Å². The maximum atomic E-state index is 6.58. The number of nitrogens with one attached hydrogen (secondary N) is 1. The number of aromatic nitrogens is 3. The van der Waals surface area contributed by atoms with Gasteiger partial charge in [-0.15, -0.1) is 0 Å². The Bertz CT molecular complexity index is 2330. The van der Waals surface area contributed by atoms with Crippen molar-refractivity contribution in [3.8, 4) is 33.4 Å². The third kappa shape index (κ3) is 5.03. The predicted molar refractivity (Wildman–Crippen MR) is 195 cm³/mol. The minimum atomic E-state index is 0.703. The summed E-state index contributed by atoms with van der Waals surface area (Å²) in [5.41, 5.74) is 16.6. The molecule has 8 bridgehead atoms. The lowest BCUT2D eigenvalue weighted by molar-refractivity contribution is 0.664. The van der Waals surface area contributed by atoms with Gasteiger partial charge in [0.2, 0.25) is 0 Å². The summed E-state index contributed by atoms with van der Waals surface area (Å²) in [6.45, 7) is 6.31. The van der Waals surface area contributed by atoms with Crippen LogP contribution in [0.3, 0.4) is 0 Å². The molecule has 0 unspecified atom stereocenters. The van der Waals surface area contributed by atoms with Gasteiger partial charge >= 0.3 is 0 Å². The van der Waals surface area contributed by atoms with Crippen molar-refractivity contribution < 1.29 is 4.42 Å². The van der Waals surface area contributed by atoms with E-state index in [0.717, 1.165) is 77.2 Å². The maximum absolute atomic E-state index is 6.58. The van der Waals surface area contributed by atoms with Gasteiger partial charge in [-0.1, -0.05) is 89.5 Å². The van der Waals surface area contributed by atoms with E-state index in [1.54, 1.807) is 0 Å². The number of hydrogen-bond acceptors (Lipinski definition) is 3. The highest BCUT2D eigenvalue weighted by molar-refractivity contribution is 9.10. The van der Waals surface area contributed by atoms with Crippen LogP contribution in [0.2, 0.25) is 0 Å². The Kier molecular flexibility index (Phi) is 6.92. The average molecular weight is 661 g/mol. The van der Waals surface area contributed by atoms with Crippen molar-refractivity contribution in [2.75, 3.05) is 0 Å². The first-order chi connectivity index (χ1) is 22.4. The number of aromatic amines is 1. The van der Waals surface area contributed by atoms with Gasteiger partial charge < -0.3 is 9.40 Å². The van der Waals surface area contributed by atoms with Gasteiger partial charge in [-0.25, -0.2) is 9.97 Å². The first-order valence-corrected chi connectivity index (χ1v) is 16.1. The molecule has 222 valence electrons. The summed E-state index contributed by atoms with van der Waals surface area (Å²) < 4.78 is 7.37. The molecule has 0 amide bonds. The fourth-order valence-corrected chi connectivity index (χ4v) is 6.56. The minimum absolute atomic E-state index is 0.703. The van der Waals surface area contributed by atoms with Crippen LogP contribution in [0.5, 0.6) is 0 Å². The Morgan fingerprint density at radius 2 is 0.848 bits per heavy atom. The number of nitrogens with zero attached hydrogens (tertiary/aromatic N) is 2. The number of H-pyrrole nitrogens is 1. The van der Waals surface area contributed by atoms with Gasteiger partial charge in [-0.3, -0.25) is 0 Å². The van der Waals surface area contributed by atoms with E-state index in [1.807, 2.05) is 18.2 Å². The van der Waals surface area contributed by atoms with E-state index in [0.29, 0.717) is 5.58 Å². The zero-order valence-corrected chi connectivity index (χ0v) is 27.3. The molecule has 0 aliphatic carbocycles. The first-order valence-electron chi connectivity index (χ1n) is 15.3. The topological polar surface area (TPSA) is 54.7 Å². The number of furan rings is 1. The predicted octanol–water partition coefficient (Wildman–Crippen LogP) is 11.6. The lowest BCUT2D eigenvalue weighted by atomic mass is 10.0. The van der Waals surface area contributed by atoms with Gasteiger partial charge in [0.15, 0.2) is 0 Å². The van der Waals surface area contributed by atoms with Crippen LogP contribution in [0.1, 0.15) is 39.5 Å². The van der Waals surface area contributed by atoms with Crippen molar-refractivity contribution >= 4 is 62.4 Å². The maximum Gasteiger partial charge on any atom is 0.143 e. The molecule has 3 aromatic heterocycles. The second-order valence-electron chi connectivity index (χ2n) is 11.9. The second-order valence-corrected chi connectivity index (χ2v) is 12.7. The van der Waals surface area contributed by atoms with E-state index >= 15 is 0 Å². The Morgan fingerprint density at radius 3 is 1.35 bits per heavy atom. The van der Waals surface area contributed by atoms with Crippen molar-refractivity contribution in [3.63, 3.8) is 0 Å². The monoisotopic (exact) mass is 659 g/mol. The largest absolute Gasteiger partial charge is 0.455 e.